The molecule has 6 nitrogen and oxygen atoms in total. The van der Waals surface area contributed by atoms with Gasteiger partial charge in [0, 0.05) is 51.0 Å². The molecule has 3 rings (SSSR count). The van der Waals surface area contributed by atoms with E-state index in [2.05, 4.69) is 39.7 Å². The SMILES string of the molecule is CCNC(=NCc1ccn(C)c1)NC1CCN(C(=O)C2CCCC2)C1. The second-order valence-electron chi connectivity index (χ2n) is 7.28. The van der Waals surface area contributed by atoms with Crippen LogP contribution in [-0.2, 0) is 18.4 Å². The van der Waals surface area contributed by atoms with Crippen LogP contribution >= 0.6 is 0 Å². The summed E-state index contributed by atoms with van der Waals surface area (Å²) >= 11 is 0. The molecular formula is C19H31N5O. The van der Waals surface area contributed by atoms with E-state index in [0.717, 1.165) is 44.9 Å². The lowest BCUT2D eigenvalue weighted by atomic mass is 10.1. The number of carbonyl (C=O) groups is 1. The lowest BCUT2D eigenvalue weighted by molar-refractivity contribution is -0.134. The first kappa shape index (κ1) is 17.8. The van der Waals surface area contributed by atoms with E-state index in [1.807, 2.05) is 17.8 Å². The molecule has 138 valence electrons. The van der Waals surface area contributed by atoms with E-state index in [9.17, 15) is 4.79 Å². The monoisotopic (exact) mass is 345 g/mol. The van der Waals surface area contributed by atoms with Gasteiger partial charge in [0.1, 0.15) is 0 Å². The highest BCUT2D eigenvalue weighted by Crippen LogP contribution is 2.27. The maximum atomic E-state index is 12.6. The summed E-state index contributed by atoms with van der Waals surface area (Å²) in [6, 6.07) is 2.38. The number of carbonyl (C=O) groups excluding carboxylic acids is 1. The summed E-state index contributed by atoms with van der Waals surface area (Å²) in [5.41, 5.74) is 1.20. The van der Waals surface area contributed by atoms with Gasteiger partial charge in [-0.2, -0.15) is 0 Å². The van der Waals surface area contributed by atoms with E-state index in [1.165, 1.54) is 18.4 Å². The molecule has 0 spiro atoms. The van der Waals surface area contributed by atoms with Crippen molar-refractivity contribution in [3.8, 4) is 0 Å². The fraction of sp³-hybridized carbons (Fsp3) is 0.684. The number of likely N-dealkylation sites (tertiary alicyclic amines) is 1. The fourth-order valence-electron chi connectivity index (χ4n) is 3.85. The summed E-state index contributed by atoms with van der Waals surface area (Å²) in [6.07, 6.45) is 9.70. The molecule has 1 aromatic rings. The number of aryl methyl sites for hydroxylation is 1. The first-order chi connectivity index (χ1) is 12.2. The van der Waals surface area contributed by atoms with Gasteiger partial charge in [0.15, 0.2) is 5.96 Å². The van der Waals surface area contributed by atoms with Gasteiger partial charge in [0.05, 0.1) is 6.54 Å². The predicted molar refractivity (Wildman–Crippen MR) is 100 cm³/mol. The minimum atomic E-state index is 0.277. The molecule has 1 saturated carbocycles. The number of aromatic nitrogens is 1. The number of nitrogens with one attached hydrogen (secondary N) is 2. The zero-order chi connectivity index (χ0) is 17.6. The normalized spacial score (nSPS) is 21.8. The topological polar surface area (TPSA) is 61.7 Å². The maximum Gasteiger partial charge on any atom is 0.225 e. The van der Waals surface area contributed by atoms with Gasteiger partial charge in [0.25, 0.3) is 0 Å². The number of hydrogen-bond acceptors (Lipinski definition) is 2. The number of hydrogen-bond donors (Lipinski definition) is 2. The Balaban J connectivity index is 1.52. The average molecular weight is 345 g/mol. The Bertz CT molecular complexity index is 603. The molecule has 1 amide bonds. The fourth-order valence-corrected chi connectivity index (χ4v) is 3.85. The summed E-state index contributed by atoms with van der Waals surface area (Å²) in [4.78, 5) is 19.3. The molecule has 1 aliphatic carbocycles. The van der Waals surface area contributed by atoms with Crippen LogP contribution in [0.1, 0.15) is 44.6 Å². The van der Waals surface area contributed by atoms with Gasteiger partial charge in [-0.15, -0.1) is 0 Å². The number of guanidine groups is 1. The second-order valence-corrected chi connectivity index (χ2v) is 7.28. The quantitative estimate of drug-likeness (QED) is 0.633. The van der Waals surface area contributed by atoms with Crippen molar-refractivity contribution in [2.45, 2.75) is 51.6 Å². The van der Waals surface area contributed by atoms with Crippen LogP contribution < -0.4 is 10.6 Å². The summed E-state index contributed by atoms with van der Waals surface area (Å²) in [5, 5.41) is 6.82. The number of aliphatic imine (C=N–C) groups is 1. The van der Waals surface area contributed by atoms with Gasteiger partial charge in [-0.05, 0) is 37.8 Å². The third-order valence-corrected chi connectivity index (χ3v) is 5.20. The van der Waals surface area contributed by atoms with Gasteiger partial charge in [0.2, 0.25) is 5.91 Å². The Morgan fingerprint density at radius 1 is 1.32 bits per heavy atom. The van der Waals surface area contributed by atoms with E-state index in [4.69, 9.17) is 0 Å². The molecule has 1 aliphatic heterocycles. The lowest BCUT2D eigenvalue weighted by Crippen LogP contribution is -2.45. The molecule has 1 saturated heterocycles. The molecule has 2 N–H and O–H groups in total. The molecule has 1 aromatic heterocycles. The van der Waals surface area contributed by atoms with Crippen LogP contribution in [0.2, 0.25) is 0 Å². The molecule has 0 bridgehead atoms. The molecular weight excluding hydrogens is 314 g/mol. The minimum Gasteiger partial charge on any atom is -0.357 e. The van der Waals surface area contributed by atoms with Crippen LogP contribution in [0.25, 0.3) is 0 Å². The lowest BCUT2D eigenvalue weighted by Gasteiger charge is -2.21. The smallest absolute Gasteiger partial charge is 0.225 e. The van der Waals surface area contributed by atoms with Crippen molar-refractivity contribution in [2.24, 2.45) is 18.0 Å². The van der Waals surface area contributed by atoms with Crippen LogP contribution in [0.15, 0.2) is 23.5 Å². The largest absolute Gasteiger partial charge is 0.357 e. The van der Waals surface area contributed by atoms with Crippen LogP contribution in [0, 0.1) is 5.92 Å². The van der Waals surface area contributed by atoms with Crippen molar-refractivity contribution in [3.63, 3.8) is 0 Å². The van der Waals surface area contributed by atoms with Gasteiger partial charge in [-0.25, -0.2) is 4.99 Å². The van der Waals surface area contributed by atoms with Crippen molar-refractivity contribution in [3.05, 3.63) is 24.0 Å². The summed E-state index contributed by atoms with van der Waals surface area (Å²) < 4.78 is 2.04. The highest BCUT2D eigenvalue weighted by Gasteiger charge is 2.32. The molecule has 2 fully saturated rings. The molecule has 2 aliphatic rings. The van der Waals surface area contributed by atoms with Gasteiger partial charge >= 0.3 is 0 Å². The molecule has 6 heteroatoms. The Labute approximate surface area is 150 Å². The summed E-state index contributed by atoms with van der Waals surface area (Å²) in [7, 11) is 2.02. The van der Waals surface area contributed by atoms with E-state index >= 15 is 0 Å². The van der Waals surface area contributed by atoms with Crippen LogP contribution in [0.5, 0.6) is 0 Å². The highest BCUT2D eigenvalue weighted by atomic mass is 16.2. The van der Waals surface area contributed by atoms with Crippen molar-refractivity contribution in [1.82, 2.24) is 20.1 Å². The zero-order valence-electron chi connectivity index (χ0n) is 15.5. The standard InChI is InChI=1S/C19H31N5O/c1-3-20-19(21-12-15-8-10-23(2)13-15)22-17-9-11-24(14-17)18(25)16-6-4-5-7-16/h8,10,13,16-17H,3-7,9,11-12,14H2,1-2H3,(H2,20,21,22). The van der Waals surface area contributed by atoms with E-state index in [0.29, 0.717) is 18.5 Å². The van der Waals surface area contributed by atoms with E-state index in [1.54, 1.807) is 0 Å². The first-order valence-corrected chi connectivity index (χ1v) is 9.60. The van der Waals surface area contributed by atoms with Crippen LogP contribution in [0.3, 0.4) is 0 Å². The van der Waals surface area contributed by atoms with Gasteiger partial charge in [-0.1, -0.05) is 12.8 Å². The van der Waals surface area contributed by atoms with E-state index in [-0.39, 0.29) is 5.92 Å². The van der Waals surface area contributed by atoms with Crippen LogP contribution in [0.4, 0.5) is 0 Å². The zero-order valence-corrected chi connectivity index (χ0v) is 15.5. The first-order valence-electron chi connectivity index (χ1n) is 9.60. The molecule has 1 unspecified atom stereocenters. The van der Waals surface area contributed by atoms with E-state index < -0.39 is 0 Å². The second kappa shape index (κ2) is 8.41. The van der Waals surface area contributed by atoms with Crippen LogP contribution in [-0.4, -0.2) is 47.0 Å². The number of rotatable bonds is 5. The molecule has 25 heavy (non-hydrogen) atoms. The van der Waals surface area contributed by atoms with Gasteiger partial charge in [-0.3, -0.25) is 4.79 Å². The Morgan fingerprint density at radius 2 is 2.12 bits per heavy atom. The molecule has 0 radical (unpaired) electrons. The summed E-state index contributed by atoms with van der Waals surface area (Å²) in [6.45, 7) is 5.23. The average Bonchev–Trinajstić information content (AvgIpc) is 3.34. The maximum absolute atomic E-state index is 12.6. The van der Waals surface area contributed by atoms with Crippen molar-refractivity contribution < 1.29 is 4.79 Å². The number of amides is 1. The van der Waals surface area contributed by atoms with Crippen molar-refractivity contribution in [1.29, 1.82) is 0 Å². The summed E-state index contributed by atoms with van der Waals surface area (Å²) in [5.74, 6) is 1.48. The Kier molecular flexibility index (Phi) is 6.00. The predicted octanol–water partition coefficient (Wildman–Crippen LogP) is 1.87. The third kappa shape index (κ3) is 4.77. The minimum absolute atomic E-state index is 0.277. The Hall–Kier alpha value is -1.98. The molecule has 2 heterocycles. The Morgan fingerprint density at radius 3 is 2.80 bits per heavy atom. The van der Waals surface area contributed by atoms with Crippen molar-refractivity contribution in [2.75, 3.05) is 19.6 Å². The highest BCUT2D eigenvalue weighted by molar-refractivity contribution is 5.81. The molecule has 1 atom stereocenters. The molecule has 0 aromatic carbocycles. The van der Waals surface area contributed by atoms with Crippen molar-refractivity contribution >= 4 is 11.9 Å². The number of nitrogens with zero attached hydrogens (tertiary/aromatic N) is 3. The van der Waals surface area contributed by atoms with Gasteiger partial charge < -0.3 is 20.1 Å². The third-order valence-electron chi connectivity index (χ3n) is 5.20.